The van der Waals surface area contributed by atoms with Crippen LogP contribution in [-0.2, 0) is 16.1 Å². The van der Waals surface area contributed by atoms with E-state index in [0.29, 0.717) is 25.3 Å². The quantitative estimate of drug-likeness (QED) is 0.793. The minimum absolute atomic E-state index is 0.0690. The molecular formula is C15H20ClN3O3S. The van der Waals surface area contributed by atoms with Gasteiger partial charge in [-0.2, -0.15) is 0 Å². The zero-order valence-corrected chi connectivity index (χ0v) is 14.4. The van der Waals surface area contributed by atoms with Crippen LogP contribution in [0.2, 0.25) is 0 Å². The number of aryl methyl sites for hydroxylation is 1. The molecule has 2 aliphatic heterocycles. The summed E-state index contributed by atoms with van der Waals surface area (Å²) in [5.41, 5.74) is 0.549. The molecule has 3 rings (SSSR count). The Bertz CT molecular complexity index is 633. The highest BCUT2D eigenvalue weighted by molar-refractivity contribution is 8.01. The van der Waals surface area contributed by atoms with Gasteiger partial charge in [-0.05, 0) is 19.4 Å². The Labute approximate surface area is 143 Å². The Morgan fingerprint density at radius 2 is 2.39 bits per heavy atom. The van der Waals surface area contributed by atoms with Gasteiger partial charge in [-0.1, -0.05) is 0 Å². The lowest BCUT2D eigenvalue weighted by molar-refractivity contribution is -0.115. The van der Waals surface area contributed by atoms with Crippen LogP contribution >= 0.6 is 23.4 Å². The van der Waals surface area contributed by atoms with Crippen molar-refractivity contribution in [2.24, 2.45) is 0 Å². The average Bonchev–Trinajstić information content (AvgIpc) is 3.18. The van der Waals surface area contributed by atoms with Gasteiger partial charge in [0.05, 0.1) is 28.2 Å². The predicted octanol–water partition coefficient (Wildman–Crippen LogP) is 1.23. The zero-order chi connectivity index (χ0) is 16.4. The molecule has 2 aliphatic rings. The van der Waals surface area contributed by atoms with Crippen molar-refractivity contribution in [1.82, 2.24) is 9.88 Å². The summed E-state index contributed by atoms with van der Waals surface area (Å²) in [7, 11) is 0. The van der Waals surface area contributed by atoms with Crippen molar-refractivity contribution in [2.75, 3.05) is 18.5 Å². The number of hydrogen-bond acceptors (Lipinski definition) is 5. The molecule has 2 saturated heterocycles. The number of rotatable bonds is 4. The standard InChI is InChI=1S/C15H20ClN3O3S/c1-2-19-8-9(3-4-12(19)20)18-14(21)11-7-10(16)13(23-11)15-17-5-6-22-15/h3-4,8,10-11,13,15,17H,2,5-7H2,1H3,(H,18,21). The van der Waals surface area contributed by atoms with E-state index in [1.807, 2.05) is 6.92 Å². The molecule has 2 N–H and O–H groups in total. The van der Waals surface area contributed by atoms with Crippen molar-refractivity contribution in [3.05, 3.63) is 28.7 Å². The molecule has 1 amide bonds. The lowest BCUT2D eigenvalue weighted by Gasteiger charge is -2.20. The van der Waals surface area contributed by atoms with Gasteiger partial charge in [0, 0.05) is 25.4 Å². The first-order valence-electron chi connectivity index (χ1n) is 7.74. The molecule has 0 aromatic carbocycles. The molecule has 3 heterocycles. The number of thioether (sulfide) groups is 1. The number of hydrogen-bond donors (Lipinski definition) is 2. The van der Waals surface area contributed by atoms with Crippen LogP contribution < -0.4 is 16.2 Å². The molecule has 6 nitrogen and oxygen atoms in total. The molecule has 1 aromatic heterocycles. The summed E-state index contributed by atoms with van der Waals surface area (Å²) < 4.78 is 7.17. The predicted molar refractivity (Wildman–Crippen MR) is 92.2 cm³/mol. The fourth-order valence-corrected chi connectivity index (χ4v) is 4.90. The number of halogens is 1. The monoisotopic (exact) mass is 357 g/mol. The number of ether oxygens (including phenoxy) is 1. The van der Waals surface area contributed by atoms with E-state index in [-0.39, 0.29) is 33.6 Å². The van der Waals surface area contributed by atoms with Crippen molar-refractivity contribution < 1.29 is 9.53 Å². The van der Waals surface area contributed by atoms with E-state index in [1.54, 1.807) is 28.6 Å². The minimum atomic E-state index is -0.212. The lowest BCUT2D eigenvalue weighted by atomic mass is 10.1. The molecular weight excluding hydrogens is 338 g/mol. The maximum atomic E-state index is 12.5. The van der Waals surface area contributed by atoms with E-state index in [4.69, 9.17) is 16.3 Å². The van der Waals surface area contributed by atoms with Crippen LogP contribution in [-0.4, -0.2) is 45.7 Å². The minimum Gasteiger partial charge on any atom is -0.361 e. The smallest absolute Gasteiger partial charge is 0.250 e. The van der Waals surface area contributed by atoms with Gasteiger partial charge >= 0.3 is 0 Å². The van der Waals surface area contributed by atoms with Gasteiger partial charge in [-0.3, -0.25) is 14.9 Å². The Hall–Kier alpha value is -1.02. The lowest BCUT2D eigenvalue weighted by Crippen LogP contribution is -2.37. The second-order valence-corrected chi connectivity index (χ2v) is 7.56. The van der Waals surface area contributed by atoms with Crippen molar-refractivity contribution in [1.29, 1.82) is 0 Å². The summed E-state index contributed by atoms with van der Waals surface area (Å²) in [4.78, 5) is 24.1. The van der Waals surface area contributed by atoms with E-state index in [9.17, 15) is 9.59 Å². The van der Waals surface area contributed by atoms with Crippen LogP contribution in [0.3, 0.4) is 0 Å². The molecule has 0 aliphatic carbocycles. The topological polar surface area (TPSA) is 72.4 Å². The number of anilines is 1. The highest BCUT2D eigenvalue weighted by Gasteiger charge is 2.43. The van der Waals surface area contributed by atoms with Gasteiger partial charge in [0.1, 0.15) is 6.23 Å². The molecule has 126 valence electrons. The first-order valence-corrected chi connectivity index (χ1v) is 9.12. The molecule has 0 bridgehead atoms. The van der Waals surface area contributed by atoms with Gasteiger partial charge < -0.3 is 14.6 Å². The molecule has 2 fully saturated rings. The molecule has 8 heteroatoms. The van der Waals surface area contributed by atoms with Crippen LogP contribution in [0, 0.1) is 0 Å². The Morgan fingerprint density at radius 3 is 3.09 bits per heavy atom. The number of carbonyl (C=O) groups is 1. The molecule has 23 heavy (non-hydrogen) atoms. The fourth-order valence-electron chi connectivity index (χ4n) is 2.83. The van der Waals surface area contributed by atoms with Gasteiger partial charge in [-0.25, -0.2) is 0 Å². The summed E-state index contributed by atoms with van der Waals surface area (Å²) in [6.07, 6.45) is 2.19. The molecule has 0 radical (unpaired) electrons. The van der Waals surface area contributed by atoms with Crippen LogP contribution in [0.15, 0.2) is 23.1 Å². The summed E-state index contributed by atoms with van der Waals surface area (Å²) in [6, 6.07) is 3.09. The Morgan fingerprint density at radius 1 is 1.57 bits per heavy atom. The van der Waals surface area contributed by atoms with E-state index >= 15 is 0 Å². The summed E-state index contributed by atoms with van der Waals surface area (Å²) in [6.45, 7) is 3.95. The normalized spacial score (nSPS) is 30.5. The van der Waals surface area contributed by atoms with Crippen molar-refractivity contribution in [2.45, 2.75) is 42.0 Å². The zero-order valence-electron chi connectivity index (χ0n) is 12.8. The Balaban J connectivity index is 1.63. The average molecular weight is 358 g/mol. The summed E-state index contributed by atoms with van der Waals surface area (Å²) in [5, 5.41) is 5.90. The number of pyridine rings is 1. The number of amides is 1. The molecule has 4 unspecified atom stereocenters. The van der Waals surface area contributed by atoms with E-state index in [0.717, 1.165) is 6.54 Å². The highest BCUT2D eigenvalue weighted by Crippen LogP contribution is 2.40. The molecule has 0 spiro atoms. The van der Waals surface area contributed by atoms with Crippen LogP contribution in [0.1, 0.15) is 13.3 Å². The summed E-state index contributed by atoms with van der Waals surface area (Å²) in [5.74, 6) is -0.0811. The number of aromatic nitrogens is 1. The molecule has 4 atom stereocenters. The van der Waals surface area contributed by atoms with Gasteiger partial charge in [-0.15, -0.1) is 23.4 Å². The van der Waals surface area contributed by atoms with Crippen LogP contribution in [0.4, 0.5) is 5.69 Å². The third-order valence-corrected chi connectivity index (χ3v) is 6.27. The van der Waals surface area contributed by atoms with Crippen LogP contribution in [0.5, 0.6) is 0 Å². The number of nitrogens with one attached hydrogen (secondary N) is 2. The number of alkyl halides is 1. The number of carbonyl (C=O) groups excluding carboxylic acids is 1. The second-order valence-electron chi connectivity index (χ2n) is 5.62. The summed E-state index contributed by atoms with van der Waals surface area (Å²) >= 11 is 7.96. The maximum Gasteiger partial charge on any atom is 0.250 e. The first-order chi connectivity index (χ1) is 11.1. The highest BCUT2D eigenvalue weighted by atomic mass is 35.5. The van der Waals surface area contributed by atoms with Gasteiger partial charge in [0.15, 0.2) is 0 Å². The van der Waals surface area contributed by atoms with E-state index in [2.05, 4.69) is 10.6 Å². The third kappa shape index (κ3) is 3.74. The second kappa shape index (κ2) is 7.25. The van der Waals surface area contributed by atoms with Crippen molar-refractivity contribution in [3.8, 4) is 0 Å². The van der Waals surface area contributed by atoms with Crippen LogP contribution in [0.25, 0.3) is 0 Å². The van der Waals surface area contributed by atoms with Crippen molar-refractivity contribution >= 4 is 35.0 Å². The van der Waals surface area contributed by atoms with Crippen molar-refractivity contribution in [3.63, 3.8) is 0 Å². The van der Waals surface area contributed by atoms with Gasteiger partial charge in [0.25, 0.3) is 5.56 Å². The van der Waals surface area contributed by atoms with E-state index < -0.39 is 0 Å². The maximum absolute atomic E-state index is 12.5. The van der Waals surface area contributed by atoms with Gasteiger partial charge in [0.2, 0.25) is 5.91 Å². The Kier molecular flexibility index (Phi) is 5.31. The molecule has 1 aromatic rings. The third-order valence-electron chi connectivity index (χ3n) is 4.04. The van der Waals surface area contributed by atoms with E-state index in [1.165, 1.54) is 6.07 Å². The number of nitrogens with zero attached hydrogens (tertiary/aromatic N) is 1. The SMILES string of the molecule is CCn1cc(NC(=O)C2CC(Cl)C(C3NCCO3)S2)ccc1=O. The largest absolute Gasteiger partial charge is 0.361 e. The molecule has 0 saturated carbocycles. The fraction of sp³-hybridized carbons (Fsp3) is 0.600. The first kappa shape index (κ1) is 16.8.